The first-order valence-corrected chi connectivity index (χ1v) is 16.5. The van der Waals surface area contributed by atoms with Crippen LogP contribution in [0.2, 0.25) is 14.8 Å². The Balaban J connectivity index is 2.43. The summed E-state index contributed by atoms with van der Waals surface area (Å²) in [6.07, 6.45) is 3.23. The average molecular weight is 361 g/mol. The quantitative estimate of drug-likeness (QED) is 0.373. The third-order valence-electron chi connectivity index (χ3n) is 3.79. The van der Waals surface area contributed by atoms with Crippen molar-refractivity contribution in [1.82, 2.24) is 4.57 Å². The van der Waals surface area contributed by atoms with Crippen molar-refractivity contribution in [1.29, 1.82) is 0 Å². The summed E-state index contributed by atoms with van der Waals surface area (Å²) in [5.74, 6) is 0. The molecule has 0 unspecified atom stereocenters. The first-order chi connectivity index (χ1) is 8.88. The second kappa shape index (κ2) is 4.13. The molecule has 0 saturated carbocycles. The summed E-state index contributed by atoms with van der Waals surface area (Å²) < 4.78 is 4.49. The van der Waals surface area contributed by atoms with Crippen LogP contribution in [0.3, 0.4) is 0 Å². The maximum atomic E-state index is 11.5. The summed E-state index contributed by atoms with van der Waals surface area (Å²) in [5, 5.41) is 13.9. The van der Waals surface area contributed by atoms with Gasteiger partial charge in [-0.15, -0.1) is 0 Å². The fraction of sp³-hybridized carbons (Fsp3) is 0.267. The topological polar surface area (TPSA) is 31.9 Å². The van der Waals surface area contributed by atoms with Gasteiger partial charge < -0.3 is 0 Å². The molecule has 2 aromatic heterocycles. The fourth-order valence-electron chi connectivity index (χ4n) is 2.60. The van der Waals surface area contributed by atoms with Gasteiger partial charge in [0.2, 0.25) is 0 Å². The molecular weight excluding hydrogens is 343 g/mol. The Morgan fingerprint density at radius 2 is 1.79 bits per heavy atom. The maximum absolute atomic E-state index is 11.5. The molecule has 0 aliphatic carbocycles. The van der Waals surface area contributed by atoms with Gasteiger partial charge in [0.25, 0.3) is 0 Å². The van der Waals surface area contributed by atoms with E-state index in [1.54, 1.807) is 12.4 Å². The molecule has 0 spiro atoms. The van der Waals surface area contributed by atoms with Gasteiger partial charge in [0.05, 0.1) is 0 Å². The fourth-order valence-corrected chi connectivity index (χ4v) is 5.91. The molecule has 0 amide bonds. The van der Waals surface area contributed by atoms with E-state index in [1.807, 2.05) is 13.1 Å². The Hall–Kier alpha value is -1.23. The van der Waals surface area contributed by atoms with Crippen LogP contribution in [0.25, 0.3) is 21.8 Å². The molecule has 19 heavy (non-hydrogen) atoms. The van der Waals surface area contributed by atoms with Crippen molar-refractivity contribution >= 4 is 43.8 Å². The molecule has 98 valence electrons. The summed E-state index contributed by atoms with van der Waals surface area (Å²) in [5.41, 5.74) is 2.19. The normalized spacial score (nSPS) is 12.4. The predicted octanol–water partition coefficient (Wildman–Crippen LogP) is 2.51. The molecule has 0 radical (unpaired) electrons. The number of benzene rings is 1. The van der Waals surface area contributed by atoms with E-state index in [9.17, 15) is 5.21 Å². The number of rotatable bonds is 1. The van der Waals surface area contributed by atoms with E-state index in [1.165, 1.54) is 19.9 Å². The summed E-state index contributed by atoms with van der Waals surface area (Å²) in [7, 11) is 2.02. The molecule has 1 aromatic carbocycles. The monoisotopic (exact) mass is 362 g/mol. The van der Waals surface area contributed by atoms with Gasteiger partial charge in [0.1, 0.15) is 0 Å². The van der Waals surface area contributed by atoms with Crippen LogP contribution in [0.1, 0.15) is 0 Å². The number of hydrogen-bond donors (Lipinski definition) is 0. The molecule has 0 aliphatic heterocycles. The van der Waals surface area contributed by atoms with Gasteiger partial charge >= 0.3 is 117 Å². The molecule has 0 atom stereocenters. The van der Waals surface area contributed by atoms with Crippen LogP contribution in [0, 0.1) is 5.21 Å². The molecule has 3 aromatic rings. The van der Waals surface area contributed by atoms with E-state index in [2.05, 4.69) is 37.6 Å². The number of pyridine rings is 1. The number of nitrogens with zero attached hydrogens (tertiary/aromatic N) is 2. The zero-order valence-electron chi connectivity index (χ0n) is 11.8. The van der Waals surface area contributed by atoms with E-state index < -0.39 is 18.4 Å². The van der Waals surface area contributed by atoms with Crippen molar-refractivity contribution in [3.63, 3.8) is 0 Å². The molecule has 4 heteroatoms. The summed E-state index contributed by atoms with van der Waals surface area (Å²) >= 11 is -2.06. The standard InChI is InChI=1S/C12H9N2O.3CH3.Sn/c1-13-11-5-3-2-4-9(11)10-6-7-14(15)8-12(10)13;;;;/h3-8H,1H3;3*1H3;. The first-order valence-electron chi connectivity index (χ1n) is 6.49. The number of aromatic nitrogens is 2. The van der Waals surface area contributed by atoms with E-state index >= 15 is 0 Å². The molecule has 0 bridgehead atoms. The van der Waals surface area contributed by atoms with Crippen molar-refractivity contribution in [2.24, 2.45) is 7.05 Å². The van der Waals surface area contributed by atoms with Gasteiger partial charge in [-0.2, -0.15) is 0 Å². The Kier molecular flexibility index (Phi) is 2.78. The summed E-state index contributed by atoms with van der Waals surface area (Å²) in [6, 6.07) is 8.72. The predicted molar refractivity (Wildman–Crippen MR) is 82.4 cm³/mol. The van der Waals surface area contributed by atoms with Gasteiger partial charge in [-0.05, 0) is 0 Å². The van der Waals surface area contributed by atoms with E-state index in [0.29, 0.717) is 0 Å². The molecule has 0 aliphatic rings. The number of hydrogen-bond acceptors (Lipinski definition) is 1. The Morgan fingerprint density at radius 3 is 2.47 bits per heavy atom. The third kappa shape index (κ3) is 2.00. The molecule has 2 heterocycles. The molecule has 3 rings (SSSR count). The number of fused-ring (bicyclic) bond motifs is 3. The van der Waals surface area contributed by atoms with Crippen molar-refractivity contribution in [2.45, 2.75) is 14.8 Å². The second-order valence-corrected chi connectivity index (χ2v) is 20.6. The minimum atomic E-state index is -2.06. The number of aryl methyl sites for hydroxylation is 1. The molecule has 3 nitrogen and oxygen atoms in total. The van der Waals surface area contributed by atoms with Gasteiger partial charge in [0.15, 0.2) is 0 Å². The Labute approximate surface area is 116 Å². The SMILES string of the molecule is Cn1c2cc[c]([Sn]([CH3])([CH3])[CH3])cc2c2cc[n+]([O-])cc21. The van der Waals surface area contributed by atoms with E-state index in [0.717, 1.165) is 10.2 Å². The van der Waals surface area contributed by atoms with Crippen LogP contribution in [0.5, 0.6) is 0 Å². The van der Waals surface area contributed by atoms with Crippen molar-refractivity contribution in [3.05, 3.63) is 41.9 Å². The Bertz CT molecular complexity index is 784. The van der Waals surface area contributed by atoms with Crippen LogP contribution in [0.4, 0.5) is 0 Å². The zero-order chi connectivity index (χ0) is 13.8. The van der Waals surface area contributed by atoms with E-state index in [-0.39, 0.29) is 0 Å². The van der Waals surface area contributed by atoms with Gasteiger partial charge in [0, 0.05) is 0 Å². The average Bonchev–Trinajstić information content (AvgIpc) is 2.61. The van der Waals surface area contributed by atoms with Crippen LogP contribution in [-0.4, -0.2) is 22.9 Å². The Morgan fingerprint density at radius 1 is 1.05 bits per heavy atom. The van der Waals surface area contributed by atoms with Crippen LogP contribution < -0.4 is 8.31 Å². The van der Waals surface area contributed by atoms with Crippen LogP contribution in [0.15, 0.2) is 36.7 Å². The molecule has 0 N–H and O–H groups in total. The van der Waals surface area contributed by atoms with Crippen LogP contribution in [-0.2, 0) is 7.05 Å². The van der Waals surface area contributed by atoms with Crippen molar-refractivity contribution in [3.8, 4) is 0 Å². The van der Waals surface area contributed by atoms with Gasteiger partial charge in [-0.25, -0.2) is 0 Å². The molecule has 0 saturated heterocycles. The molecular formula is C15H18N2OSn. The molecule has 0 fully saturated rings. The second-order valence-electron chi connectivity index (χ2n) is 6.14. The van der Waals surface area contributed by atoms with E-state index in [4.69, 9.17) is 0 Å². The minimum absolute atomic E-state index is 0.866. The zero-order valence-corrected chi connectivity index (χ0v) is 14.6. The summed E-state index contributed by atoms with van der Waals surface area (Å²) in [4.78, 5) is 7.27. The summed E-state index contributed by atoms with van der Waals surface area (Å²) in [6.45, 7) is 0. The van der Waals surface area contributed by atoms with Crippen molar-refractivity contribution in [2.75, 3.05) is 0 Å². The van der Waals surface area contributed by atoms with Gasteiger partial charge in [-0.3, -0.25) is 0 Å². The third-order valence-corrected chi connectivity index (χ3v) is 9.62. The first kappa shape index (κ1) is 12.8. The van der Waals surface area contributed by atoms with Crippen molar-refractivity contribution < 1.29 is 4.73 Å². The van der Waals surface area contributed by atoms with Gasteiger partial charge in [-0.1, -0.05) is 0 Å². The van der Waals surface area contributed by atoms with Crippen LogP contribution >= 0.6 is 0 Å².